The van der Waals surface area contributed by atoms with E-state index in [0.29, 0.717) is 4.57 Å². The molecule has 6 N–H and O–H groups in total. The number of nitrogens with two attached hydrogens (primary N) is 1. The second-order valence-electron chi connectivity index (χ2n) is 3.92. The first-order valence-corrected chi connectivity index (χ1v) is 5.13. The second kappa shape index (κ2) is 4.30. The normalized spacial score (nSPS) is 35.9. The van der Waals surface area contributed by atoms with Crippen molar-refractivity contribution in [2.75, 3.05) is 12.3 Å². The lowest BCUT2D eigenvalue weighted by Gasteiger charge is -2.28. The number of nitrogens with zero attached hydrogens (tertiary/aromatic N) is 2. The summed E-state index contributed by atoms with van der Waals surface area (Å²) in [6, 6.07) is 1.22. The molecule has 0 aliphatic carbocycles. The number of aromatic nitrogens is 2. The van der Waals surface area contributed by atoms with Crippen molar-refractivity contribution in [3.8, 4) is 0 Å². The minimum Gasteiger partial charge on any atom is -0.394 e. The Bertz CT molecular complexity index is 505. The molecular formula is C9H13N3O6. The molecule has 18 heavy (non-hydrogen) atoms. The van der Waals surface area contributed by atoms with Crippen LogP contribution in [0.3, 0.4) is 0 Å². The fraction of sp³-hybridized carbons (Fsp3) is 0.556. The van der Waals surface area contributed by atoms with Crippen LogP contribution in [-0.4, -0.2) is 54.9 Å². The second-order valence-corrected chi connectivity index (χ2v) is 3.92. The smallest absolute Gasteiger partial charge is 0.353 e. The molecule has 2 heterocycles. The highest BCUT2D eigenvalue weighted by atomic mass is 16.7. The van der Waals surface area contributed by atoms with Crippen molar-refractivity contribution in [3.05, 3.63) is 22.7 Å². The minimum atomic E-state index is -2.57. The van der Waals surface area contributed by atoms with E-state index in [9.17, 15) is 20.1 Å². The lowest BCUT2D eigenvalue weighted by molar-refractivity contribution is -0.289. The summed E-state index contributed by atoms with van der Waals surface area (Å²) in [5.74, 6) is -2.77. The van der Waals surface area contributed by atoms with E-state index >= 15 is 0 Å². The number of rotatable bonds is 2. The Hall–Kier alpha value is -1.52. The van der Waals surface area contributed by atoms with Gasteiger partial charge in [0.05, 0.1) is 6.61 Å². The highest BCUT2D eigenvalue weighted by Crippen LogP contribution is 2.33. The zero-order valence-corrected chi connectivity index (χ0v) is 9.17. The zero-order valence-electron chi connectivity index (χ0n) is 9.17. The van der Waals surface area contributed by atoms with Crippen molar-refractivity contribution in [2.45, 2.75) is 24.2 Å². The number of hydrogen-bond acceptors (Lipinski definition) is 8. The summed E-state index contributed by atoms with van der Waals surface area (Å²) in [4.78, 5) is 14.9. The quantitative estimate of drug-likeness (QED) is 0.367. The van der Waals surface area contributed by atoms with Crippen LogP contribution in [0.1, 0.15) is 0 Å². The van der Waals surface area contributed by atoms with Crippen molar-refractivity contribution in [2.24, 2.45) is 0 Å². The van der Waals surface area contributed by atoms with Crippen LogP contribution >= 0.6 is 0 Å². The van der Waals surface area contributed by atoms with Gasteiger partial charge in [-0.2, -0.15) is 0 Å². The predicted molar refractivity (Wildman–Crippen MR) is 57.1 cm³/mol. The van der Waals surface area contributed by atoms with Gasteiger partial charge in [0.15, 0.2) is 6.10 Å². The zero-order chi connectivity index (χ0) is 13.5. The van der Waals surface area contributed by atoms with Crippen molar-refractivity contribution in [1.29, 1.82) is 0 Å². The van der Waals surface area contributed by atoms with Crippen LogP contribution in [0.2, 0.25) is 0 Å². The monoisotopic (exact) mass is 259 g/mol. The van der Waals surface area contributed by atoms with E-state index in [0.717, 1.165) is 6.20 Å². The predicted octanol–water partition coefficient (Wildman–Crippen LogP) is -3.46. The SMILES string of the molecule is Nc1ccnc(=O)n1[C@@]1(O)O[C@@H](CO)[C@H](O)[C@@H]1O. The lowest BCUT2D eigenvalue weighted by atomic mass is 10.1. The van der Waals surface area contributed by atoms with Crippen LogP contribution in [0.4, 0.5) is 5.82 Å². The number of aliphatic hydroxyl groups is 4. The van der Waals surface area contributed by atoms with Crippen LogP contribution in [0, 0.1) is 0 Å². The summed E-state index contributed by atoms with van der Waals surface area (Å²) < 4.78 is 5.43. The van der Waals surface area contributed by atoms with Gasteiger partial charge < -0.3 is 30.9 Å². The Morgan fingerprint density at radius 3 is 2.72 bits per heavy atom. The molecule has 1 aromatic rings. The Balaban J connectivity index is 2.53. The molecule has 0 amide bonds. The maximum Gasteiger partial charge on any atom is 0.353 e. The van der Waals surface area contributed by atoms with Gasteiger partial charge in [0, 0.05) is 6.20 Å². The van der Waals surface area contributed by atoms with Gasteiger partial charge in [-0.15, -0.1) is 0 Å². The topological polar surface area (TPSA) is 151 Å². The van der Waals surface area contributed by atoms with Crippen molar-refractivity contribution in [1.82, 2.24) is 9.55 Å². The molecule has 1 aliphatic rings. The lowest BCUT2D eigenvalue weighted by Crippen LogP contribution is -2.51. The molecule has 0 bridgehead atoms. The van der Waals surface area contributed by atoms with E-state index in [4.69, 9.17) is 15.6 Å². The van der Waals surface area contributed by atoms with E-state index in [-0.39, 0.29) is 5.82 Å². The minimum absolute atomic E-state index is 0.206. The van der Waals surface area contributed by atoms with Crippen molar-refractivity contribution < 1.29 is 25.2 Å². The van der Waals surface area contributed by atoms with Gasteiger partial charge in [0.1, 0.15) is 18.0 Å². The van der Waals surface area contributed by atoms with Gasteiger partial charge in [-0.3, -0.25) is 0 Å². The standard InChI is InChI=1S/C9H13N3O6/c10-5-1-2-11-8(16)12(5)9(17)7(15)6(14)4(3-13)18-9/h1-2,4,6-7,13-15,17H,3,10H2/t4-,6-,7-,9-/m0/s1. The number of anilines is 1. The van der Waals surface area contributed by atoms with Crippen molar-refractivity contribution >= 4 is 5.82 Å². The molecule has 2 rings (SSSR count). The van der Waals surface area contributed by atoms with Crippen LogP contribution in [0.5, 0.6) is 0 Å². The largest absolute Gasteiger partial charge is 0.394 e. The van der Waals surface area contributed by atoms with E-state index < -0.39 is 36.5 Å². The molecule has 4 atom stereocenters. The van der Waals surface area contributed by atoms with Crippen LogP contribution in [0.25, 0.3) is 0 Å². The maximum atomic E-state index is 11.6. The molecule has 0 spiro atoms. The highest BCUT2D eigenvalue weighted by molar-refractivity contribution is 5.27. The molecule has 9 nitrogen and oxygen atoms in total. The number of nitrogen functional groups attached to an aromatic ring is 1. The third-order valence-corrected chi connectivity index (χ3v) is 2.79. The summed E-state index contributed by atoms with van der Waals surface area (Å²) in [7, 11) is 0. The summed E-state index contributed by atoms with van der Waals surface area (Å²) in [5, 5.41) is 38.4. The molecule has 0 aromatic carbocycles. The number of aliphatic hydroxyl groups excluding tert-OH is 3. The van der Waals surface area contributed by atoms with Gasteiger partial charge in [-0.05, 0) is 6.07 Å². The molecule has 0 radical (unpaired) electrons. The maximum absolute atomic E-state index is 11.6. The van der Waals surface area contributed by atoms with Crippen LogP contribution in [-0.2, 0) is 10.6 Å². The molecule has 1 aliphatic heterocycles. The van der Waals surface area contributed by atoms with E-state index in [2.05, 4.69) is 4.98 Å². The van der Waals surface area contributed by atoms with Gasteiger partial charge in [0.25, 0.3) is 5.91 Å². The van der Waals surface area contributed by atoms with Crippen LogP contribution < -0.4 is 11.4 Å². The molecule has 1 saturated heterocycles. The first kappa shape index (κ1) is 12.9. The van der Waals surface area contributed by atoms with E-state index in [1.54, 1.807) is 0 Å². The summed E-state index contributed by atoms with van der Waals surface area (Å²) >= 11 is 0. The Kier molecular flexibility index (Phi) is 3.09. The Morgan fingerprint density at radius 1 is 1.56 bits per heavy atom. The fourth-order valence-electron chi connectivity index (χ4n) is 1.86. The van der Waals surface area contributed by atoms with E-state index in [1.165, 1.54) is 6.07 Å². The number of ether oxygens (including phenoxy) is 1. The average molecular weight is 259 g/mol. The molecule has 1 fully saturated rings. The molecule has 0 unspecified atom stereocenters. The van der Waals surface area contributed by atoms with E-state index in [1.807, 2.05) is 0 Å². The van der Waals surface area contributed by atoms with Gasteiger partial charge >= 0.3 is 5.69 Å². The molecule has 9 heteroatoms. The molecule has 0 saturated carbocycles. The first-order valence-electron chi connectivity index (χ1n) is 5.13. The Morgan fingerprint density at radius 2 is 2.22 bits per heavy atom. The molecule has 100 valence electrons. The van der Waals surface area contributed by atoms with Gasteiger partial charge in [0.2, 0.25) is 0 Å². The third kappa shape index (κ3) is 1.69. The Labute approximate surface area is 101 Å². The fourth-order valence-corrected chi connectivity index (χ4v) is 1.86. The summed E-state index contributed by atoms with van der Waals surface area (Å²) in [6.45, 7) is -0.643. The van der Waals surface area contributed by atoms with Crippen LogP contribution in [0.15, 0.2) is 17.1 Å². The average Bonchev–Trinajstić information content (AvgIpc) is 2.54. The van der Waals surface area contributed by atoms with Crippen molar-refractivity contribution in [3.63, 3.8) is 0 Å². The summed E-state index contributed by atoms with van der Waals surface area (Å²) in [5.41, 5.74) is 4.55. The molecular weight excluding hydrogens is 246 g/mol. The first-order chi connectivity index (χ1) is 8.41. The third-order valence-electron chi connectivity index (χ3n) is 2.79. The molecule has 1 aromatic heterocycles. The van der Waals surface area contributed by atoms with Gasteiger partial charge in [-0.25, -0.2) is 14.3 Å². The summed E-state index contributed by atoms with van der Waals surface area (Å²) in [6.07, 6.45) is -3.53. The highest BCUT2D eigenvalue weighted by Gasteiger charge is 2.56. The van der Waals surface area contributed by atoms with Gasteiger partial charge in [-0.1, -0.05) is 0 Å². The number of hydrogen-bond donors (Lipinski definition) is 5.